The van der Waals surface area contributed by atoms with Crippen molar-refractivity contribution in [1.82, 2.24) is 9.54 Å². The third kappa shape index (κ3) is 0.910. The Morgan fingerprint density at radius 3 is 3.22 bits per heavy atom. The molecular formula is C5H6N2O2. The first-order valence-electron chi connectivity index (χ1n) is 4.13. The van der Waals surface area contributed by atoms with E-state index in [4.69, 9.17) is 5.52 Å². The largest absolute Gasteiger partial charge is 0.328 e. The van der Waals surface area contributed by atoms with Gasteiger partial charge in [-0.2, -0.15) is 0 Å². The third-order valence-corrected chi connectivity index (χ3v) is 0.814. The summed E-state index contributed by atoms with van der Waals surface area (Å²) in [5, 5.41) is 0. The zero-order valence-electron chi connectivity index (χ0n) is 8.37. The van der Waals surface area contributed by atoms with Crippen LogP contribution in [0.25, 0.3) is 0 Å². The average Bonchev–Trinajstić information content (AvgIpc) is 1.95. The Hall–Kier alpha value is -1.32. The van der Waals surface area contributed by atoms with Crippen LogP contribution in [0.1, 0.15) is 4.11 Å². The predicted octanol–water partition coefficient (Wildman–Crippen LogP) is -0.926. The van der Waals surface area contributed by atoms with Crippen LogP contribution >= 0.6 is 0 Å². The molecule has 0 saturated carbocycles. The molecule has 0 aliphatic carbocycles. The van der Waals surface area contributed by atoms with Crippen molar-refractivity contribution in [2.45, 2.75) is 0 Å². The third-order valence-electron chi connectivity index (χ3n) is 0.814. The Balaban J connectivity index is 3.63. The maximum absolute atomic E-state index is 11.0. The fraction of sp³-hybridized carbons (Fsp3) is 0.200. The van der Waals surface area contributed by atoms with Crippen LogP contribution in [-0.4, -0.2) is 9.54 Å². The van der Waals surface area contributed by atoms with Gasteiger partial charge in [0.2, 0.25) is 0 Å². The van der Waals surface area contributed by atoms with Crippen LogP contribution in [0.4, 0.5) is 0 Å². The van der Waals surface area contributed by atoms with Crippen molar-refractivity contribution in [3.05, 3.63) is 33.1 Å². The van der Waals surface area contributed by atoms with E-state index in [2.05, 4.69) is 0 Å². The van der Waals surface area contributed by atoms with Crippen LogP contribution in [0, 0.1) is 0 Å². The lowest BCUT2D eigenvalue weighted by Gasteiger charge is -1.88. The lowest BCUT2D eigenvalue weighted by Crippen LogP contribution is -2.30. The first-order valence-corrected chi connectivity index (χ1v) is 2.18. The molecule has 0 unspecified atom stereocenters. The summed E-state index contributed by atoms with van der Waals surface area (Å²) in [7, 11) is 0. The highest BCUT2D eigenvalue weighted by atomic mass is 16.2. The van der Waals surface area contributed by atoms with Crippen LogP contribution in [-0.2, 0) is 6.98 Å². The number of hydrogen-bond donors (Lipinski definition) is 1. The second-order valence-corrected chi connectivity index (χ2v) is 1.40. The minimum absolute atomic E-state index is 0.0556. The summed E-state index contributed by atoms with van der Waals surface area (Å²) in [6.45, 7) is -2.84. The van der Waals surface area contributed by atoms with Crippen molar-refractivity contribution >= 4 is 0 Å². The van der Waals surface area contributed by atoms with Gasteiger partial charge in [-0.3, -0.25) is 9.36 Å². The molecule has 1 rings (SSSR count). The highest BCUT2D eigenvalue weighted by Crippen LogP contribution is 1.57. The van der Waals surface area contributed by atoms with E-state index in [1.54, 1.807) is 0 Å². The van der Waals surface area contributed by atoms with Gasteiger partial charge in [-0.15, -0.1) is 0 Å². The Kier molecular flexibility index (Phi) is 0.527. The van der Waals surface area contributed by atoms with Gasteiger partial charge in [0.05, 0.1) is 0 Å². The molecule has 4 heteroatoms. The standard InChI is InChI=1S/C5H6N2O2/c1-7-4(8)2-3-6-5(7)9/h2-3H,1H3,(H,6,9)/i1D3/hD. The molecule has 0 bridgehead atoms. The average molecular weight is 130 g/mol. The number of H-pyrrole nitrogens is 1. The molecule has 0 amide bonds. The van der Waals surface area contributed by atoms with E-state index >= 15 is 0 Å². The first kappa shape index (κ1) is 2.51. The van der Waals surface area contributed by atoms with E-state index in [1.807, 2.05) is 0 Å². The molecule has 0 radical (unpaired) electrons. The normalized spacial score (nSPS) is 17.3. The van der Waals surface area contributed by atoms with E-state index in [9.17, 15) is 9.59 Å². The van der Waals surface area contributed by atoms with E-state index in [0.29, 0.717) is 0 Å². The molecule has 1 aromatic rings. The van der Waals surface area contributed by atoms with Crippen LogP contribution < -0.4 is 11.2 Å². The molecule has 1 aromatic heterocycles. The second kappa shape index (κ2) is 1.89. The maximum atomic E-state index is 11.0. The van der Waals surface area contributed by atoms with Gasteiger partial charge in [0, 0.05) is 23.4 Å². The van der Waals surface area contributed by atoms with Gasteiger partial charge in [0.15, 0.2) is 1.41 Å². The smallest absolute Gasteiger partial charge is 0.314 e. The number of aromatic nitrogens is 2. The molecule has 0 atom stereocenters. The van der Waals surface area contributed by atoms with Gasteiger partial charge >= 0.3 is 5.69 Å². The van der Waals surface area contributed by atoms with Crippen molar-refractivity contribution in [3.63, 3.8) is 0 Å². The minimum atomic E-state index is -2.84. The number of hydrogen-bond acceptors (Lipinski definition) is 2. The number of aromatic amines is 1. The van der Waals surface area contributed by atoms with Crippen molar-refractivity contribution in [1.29, 1.82) is 0 Å². The molecule has 1 heterocycles. The predicted molar refractivity (Wildman–Crippen MR) is 32.3 cm³/mol. The van der Waals surface area contributed by atoms with E-state index in [0.717, 1.165) is 12.3 Å². The van der Waals surface area contributed by atoms with E-state index in [1.165, 1.54) is 0 Å². The van der Waals surface area contributed by atoms with E-state index < -0.39 is 18.2 Å². The Bertz CT molecular complexity index is 429. The van der Waals surface area contributed by atoms with Gasteiger partial charge in [-0.25, -0.2) is 4.79 Å². The van der Waals surface area contributed by atoms with Crippen molar-refractivity contribution in [2.75, 3.05) is 0 Å². The summed E-state index contributed by atoms with van der Waals surface area (Å²) >= 11 is 0. The van der Waals surface area contributed by atoms with Gasteiger partial charge in [-0.05, 0) is 0 Å². The lowest BCUT2D eigenvalue weighted by atomic mass is 10.6. The molecule has 0 aromatic carbocycles. The summed E-state index contributed by atoms with van der Waals surface area (Å²) in [4.78, 5) is 22.2. The molecule has 4 nitrogen and oxygen atoms in total. The van der Waals surface area contributed by atoms with Crippen LogP contribution in [0.2, 0.25) is 1.41 Å². The summed E-state index contributed by atoms with van der Waals surface area (Å²) < 4.78 is 27.5. The molecule has 0 aliphatic heterocycles. The SMILES string of the molecule is [2H]n1ccc(=O)n(C([2H])([2H])[2H])c1=O. The fourth-order valence-electron chi connectivity index (χ4n) is 0.391. The zero-order valence-corrected chi connectivity index (χ0v) is 4.37. The summed E-state index contributed by atoms with van der Waals surface area (Å²) in [6.07, 6.45) is 0.896. The summed E-state index contributed by atoms with van der Waals surface area (Å²) in [5.74, 6) is 0. The monoisotopic (exact) mass is 130 g/mol. The minimum Gasteiger partial charge on any atom is -0.314 e. The Morgan fingerprint density at radius 2 is 2.67 bits per heavy atom. The highest BCUT2D eigenvalue weighted by molar-refractivity contribution is 4.80. The van der Waals surface area contributed by atoms with E-state index in [-0.39, 0.29) is 9.54 Å². The molecular weight excluding hydrogens is 120 g/mol. The molecule has 0 spiro atoms. The van der Waals surface area contributed by atoms with Gasteiger partial charge in [0.1, 0.15) is 0 Å². The second-order valence-electron chi connectivity index (χ2n) is 1.40. The number of nitrogens with one attached hydrogen (secondary N) is 1. The maximum Gasteiger partial charge on any atom is 0.328 e. The number of nitrogens with zero attached hydrogens (tertiary/aromatic N) is 1. The first-order chi connectivity index (χ1) is 5.84. The Labute approximate surface area is 56.4 Å². The van der Waals surface area contributed by atoms with Crippen molar-refractivity contribution < 1.29 is 5.52 Å². The highest BCUT2D eigenvalue weighted by Gasteiger charge is 1.88. The molecule has 0 fully saturated rings. The van der Waals surface area contributed by atoms with Crippen LogP contribution in [0.3, 0.4) is 0 Å². The van der Waals surface area contributed by atoms with Crippen LogP contribution in [0.5, 0.6) is 0 Å². The van der Waals surface area contributed by atoms with Crippen molar-refractivity contribution in [2.24, 2.45) is 6.98 Å². The molecule has 48 valence electrons. The quantitative estimate of drug-likeness (QED) is 0.493. The fourth-order valence-corrected chi connectivity index (χ4v) is 0.391. The zero-order chi connectivity index (χ0) is 10.2. The molecule has 0 saturated heterocycles. The summed E-state index contributed by atoms with van der Waals surface area (Å²) in [5.41, 5.74) is -2.11. The summed E-state index contributed by atoms with van der Waals surface area (Å²) in [6, 6.07) is 0.848. The molecule has 9 heavy (non-hydrogen) atoms. The lowest BCUT2D eigenvalue weighted by molar-refractivity contribution is 0.775. The molecule has 1 N–H and O–H groups in total. The number of rotatable bonds is 0. The van der Waals surface area contributed by atoms with Gasteiger partial charge in [0.25, 0.3) is 5.56 Å². The topological polar surface area (TPSA) is 54.9 Å². The molecule has 0 aliphatic rings. The van der Waals surface area contributed by atoms with Gasteiger partial charge in [-0.1, -0.05) is 0 Å². The Morgan fingerprint density at radius 1 is 1.89 bits per heavy atom. The van der Waals surface area contributed by atoms with Crippen molar-refractivity contribution in [3.8, 4) is 0 Å². The van der Waals surface area contributed by atoms with Gasteiger partial charge < -0.3 is 4.98 Å². The van der Waals surface area contributed by atoms with Crippen LogP contribution in [0.15, 0.2) is 21.9 Å².